The average molecular weight is 234 g/mol. The predicted molar refractivity (Wildman–Crippen MR) is 66.5 cm³/mol. The van der Waals surface area contributed by atoms with Crippen LogP contribution in [0.1, 0.15) is 47.9 Å². The Morgan fingerprint density at radius 2 is 2.12 bits per heavy atom. The van der Waals surface area contributed by atoms with E-state index >= 15 is 0 Å². The number of carbonyl (C=O) groups is 1. The number of hydrogen-bond acceptors (Lipinski definition) is 3. The molecule has 1 saturated carbocycles. The molecule has 2 rings (SSSR count). The summed E-state index contributed by atoms with van der Waals surface area (Å²) in [4.78, 5) is 15.5. The number of aryl methyl sites for hydroxylation is 2. The van der Waals surface area contributed by atoms with Gasteiger partial charge in [-0.1, -0.05) is 0 Å². The van der Waals surface area contributed by atoms with Gasteiger partial charge in [0, 0.05) is 11.2 Å². The fourth-order valence-electron chi connectivity index (χ4n) is 2.35. The lowest BCUT2D eigenvalue weighted by Crippen LogP contribution is -2.42. The van der Waals surface area contributed by atoms with E-state index in [1.165, 1.54) is 6.42 Å². The maximum Gasteiger partial charge on any atom is 0.339 e. The second-order valence-corrected chi connectivity index (χ2v) is 5.12. The molecule has 4 heteroatoms. The molecule has 1 aliphatic rings. The third-order valence-electron chi connectivity index (χ3n) is 3.44. The molecule has 0 aliphatic heterocycles. The fraction of sp³-hybridized carbons (Fsp3) is 0.538. The maximum absolute atomic E-state index is 11.3. The molecule has 1 aromatic rings. The van der Waals surface area contributed by atoms with E-state index in [4.69, 9.17) is 0 Å². The molecular formula is C13H18N2O2. The molecule has 0 aromatic carbocycles. The van der Waals surface area contributed by atoms with Crippen molar-refractivity contribution in [1.29, 1.82) is 0 Å². The predicted octanol–water partition coefficient (Wildman–Crippen LogP) is 2.75. The number of carboxylic acid groups (broad SMARTS) is 1. The first-order valence-electron chi connectivity index (χ1n) is 5.91. The summed E-state index contributed by atoms with van der Waals surface area (Å²) < 4.78 is 0. The number of pyridine rings is 1. The van der Waals surface area contributed by atoms with Gasteiger partial charge < -0.3 is 10.4 Å². The number of hydrogen-bond donors (Lipinski definition) is 2. The maximum atomic E-state index is 11.3. The van der Waals surface area contributed by atoms with Crippen LogP contribution >= 0.6 is 0 Å². The number of aromatic carboxylic acids is 1. The molecule has 17 heavy (non-hydrogen) atoms. The molecule has 1 aliphatic carbocycles. The molecule has 0 spiro atoms. The van der Waals surface area contributed by atoms with Crippen LogP contribution in [0.2, 0.25) is 0 Å². The van der Waals surface area contributed by atoms with Crippen LogP contribution in [0.15, 0.2) is 6.07 Å². The second kappa shape index (κ2) is 4.02. The van der Waals surface area contributed by atoms with Gasteiger partial charge in [0.15, 0.2) is 0 Å². The minimum atomic E-state index is -0.916. The summed E-state index contributed by atoms with van der Waals surface area (Å²) in [5, 5.41) is 12.6. The topological polar surface area (TPSA) is 62.2 Å². The SMILES string of the molecule is Cc1cc(NC2(C)CCC2)c(C(=O)O)c(C)n1. The van der Waals surface area contributed by atoms with Crippen molar-refractivity contribution in [2.75, 3.05) is 5.32 Å². The molecule has 1 aromatic heterocycles. The van der Waals surface area contributed by atoms with Crippen molar-refractivity contribution in [2.24, 2.45) is 0 Å². The average Bonchev–Trinajstić information content (AvgIpc) is 2.13. The highest BCUT2D eigenvalue weighted by Crippen LogP contribution is 2.36. The minimum Gasteiger partial charge on any atom is -0.478 e. The Labute approximate surface area is 101 Å². The lowest BCUT2D eigenvalue weighted by Gasteiger charge is -2.40. The van der Waals surface area contributed by atoms with E-state index in [1.54, 1.807) is 6.92 Å². The first kappa shape index (κ1) is 11.9. The fourth-order valence-corrected chi connectivity index (χ4v) is 2.35. The van der Waals surface area contributed by atoms with Crippen LogP contribution in [0.3, 0.4) is 0 Å². The zero-order chi connectivity index (χ0) is 12.6. The number of nitrogens with zero attached hydrogens (tertiary/aromatic N) is 1. The largest absolute Gasteiger partial charge is 0.478 e. The Kier molecular flexibility index (Phi) is 2.81. The van der Waals surface area contributed by atoms with Gasteiger partial charge in [-0.2, -0.15) is 0 Å². The van der Waals surface area contributed by atoms with Crippen LogP contribution in [0, 0.1) is 13.8 Å². The lowest BCUT2D eigenvalue weighted by atomic mass is 9.78. The van der Waals surface area contributed by atoms with Crippen molar-refractivity contribution in [1.82, 2.24) is 4.98 Å². The highest BCUT2D eigenvalue weighted by atomic mass is 16.4. The van der Waals surface area contributed by atoms with E-state index in [2.05, 4.69) is 17.2 Å². The number of anilines is 1. The summed E-state index contributed by atoms with van der Waals surface area (Å²) in [5.41, 5.74) is 2.46. The molecule has 0 radical (unpaired) electrons. The zero-order valence-electron chi connectivity index (χ0n) is 10.5. The summed E-state index contributed by atoms with van der Waals surface area (Å²) >= 11 is 0. The van der Waals surface area contributed by atoms with E-state index in [-0.39, 0.29) is 5.54 Å². The molecular weight excluding hydrogens is 216 g/mol. The van der Waals surface area contributed by atoms with Gasteiger partial charge in [0.05, 0.1) is 11.4 Å². The summed E-state index contributed by atoms with van der Waals surface area (Å²) in [6, 6.07) is 1.82. The Balaban J connectivity index is 2.40. The van der Waals surface area contributed by atoms with Crippen LogP contribution in [0.4, 0.5) is 5.69 Å². The lowest BCUT2D eigenvalue weighted by molar-refractivity contribution is 0.0696. The van der Waals surface area contributed by atoms with Gasteiger partial charge in [-0.05, 0) is 46.1 Å². The van der Waals surface area contributed by atoms with Crippen LogP contribution in [-0.2, 0) is 0 Å². The van der Waals surface area contributed by atoms with Crippen molar-refractivity contribution >= 4 is 11.7 Å². The van der Waals surface area contributed by atoms with Crippen LogP contribution < -0.4 is 5.32 Å². The molecule has 92 valence electrons. The third kappa shape index (κ3) is 2.25. The first-order chi connectivity index (χ1) is 7.91. The van der Waals surface area contributed by atoms with Gasteiger partial charge in [0.2, 0.25) is 0 Å². The van der Waals surface area contributed by atoms with Gasteiger partial charge in [0.25, 0.3) is 0 Å². The highest BCUT2D eigenvalue weighted by Gasteiger charge is 2.32. The van der Waals surface area contributed by atoms with E-state index in [9.17, 15) is 9.90 Å². The van der Waals surface area contributed by atoms with Gasteiger partial charge in [-0.3, -0.25) is 4.98 Å². The second-order valence-electron chi connectivity index (χ2n) is 5.12. The van der Waals surface area contributed by atoms with Gasteiger partial charge >= 0.3 is 5.97 Å². The molecule has 0 atom stereocenters. The molecule has 1 fully saturated rings. The Morgan fingerprint density at radius 1 is 1.47 bits per heavy atom. The Hall–Kier alpha value is -1.58. The number of nitrogens with one attached hydrogen (secondary N) is 1. The van der Waals surface area contributed by atoms with E-state index in [0.29, 0.717) is 16.9 Å². The van der Waals surface area contributed by atoms with Crippen LogP contribution in [-0.4, -0.2) is 21.6 Å². The molecule has 1 heterocycles. The Morgan fingerprint density at radius 3 is 2.59 bits per heavy atom. The monoisotopic (exact) mass is 234 g/mol. The zero-order valence-corrected chi connectivity index (χ0v) is 10.5. The van der Waals surface area contributed by atoms with Crippen molar-refractivity contribution in [3.63, 3.8) is 0 Å². The van der Waals surface area contributed by atoms with E-state index < -0.39 is 5.97 Å². The molecule has 4 nitrogen and oxygen atoms in total. The number of aromatic nitrogens is 1. The van der Waals surface area contributed by atoms with Gasteiger partial charge in [0.1, 0.15) is 5.56 Å². The van der Waals surface area contributed by atoms with Crippen LogP contribution in [0.5, 0.6) is 0 Å². The van der Waals surface area contributed by atoms with E-state index in [1.807, 2.05) is 13.0 Å². The van der Waals surface area contributed by atoms with Crippen molar-refractivity contribution in [3.8, 4) is 0 Å². The smallest absolute Gasteiger partial charge is 0.339 e. The number of carboxylic acids is 1. The van der Waals surface area contributed by atoms with Crippen molar-refractivity contribution < 1.29 is 9.90 Å². The number of rotatable bonds is 3. The summed E-state index contributed by atoms with van der Waals surface area (Å²) in [5.74, 6) is -0.916. The third-order valence-corrected chi connectivity index (χ3v) is 3.44. The molecule has 0 saturated heterocycles. The van der Waals surface area contributed by atoms with Crippen LogP contribution in [0.25, 0.3) is 0 Å². The quantitative estimate of drug-likeness (QED) is 0.844. The van der Waals surface area contributed by atoms with Crippen molar-refractivity contribution in [2.45, 2.75) is 45.6 Å². The minimum absolute atomic E-state index is 0.0461. The Bertz CT molecular complexity index is 465. The molecule has 0 bridgehead atoms. The van der Waals surface area contributed by atoms with Gasteiger partial charge in [-0.15, -0.1) is 0 Å². The van der Waals surface area contributed by atoms with Crippen molar-refractivity contribution in [3.05, 3.63) is 23.0 Å². The summed E-state index contributed by atoms with van der Waals surface area (Å²) in [6.45, 7) is 5.75. The molecule has 2 N–H and O–H groups in total. The first-order valence-corrected chi connectivity index (χ1v) is 5.91. The molecule has 0 amide bonds. The normalized spacial score (nSPS) is 17.4. The standard InChI is InChI=1S/C13H18N2O2/c1-8-7-10(15-13(3)5-4-6-13)11(12(16)17)9(2)14-8/h7H,4-6H2,1-3H3,(H,14,15)(H,16,17). The summed E-state index contributed by atoms with van der Waals surface area (Å²) in [7, 11) is 0. The molecule has 0 unspecified atom stereocenters. The highest BCUT2D eigenvalue weighted by molar-refractivity contribution is 5.95. The van der Waals surface area contributed by atoms with E-state index in [0.717, 1.165) is 18.5 Å². The summed E-state index contributed by atoms with van der Waals surface area (Å²) in [6.07, 6.45) is 3.38. The van der Waals surface area contributed by atoms with Gasteiger partial charge in [-0.25, -0.2) is 4.79 Å².